The maximum absolute atomic E-state index is 12.6. The molecule has 0 bridgehead atoms. The molecule has 1 N–H and O–H groups in total. The highest BCUT2D eigenvalue weighted by atomic mass is 32.2. The van der Waals surface area contributed by atoms with Crippen LogP contribution in [0.15, 0.2) is 35.3 Å². The number of aliphatic imine (C=N–C) groups is 1. The van der Waals surface area contributed by atoms with Gasteiger partial charge in [0.2, 0.25) is 15.9 Å². The lowest BCUT2D eigenvalue weighted by Crippen LogP contribution is -2.41. The SMILES string of the molecule is COc1ccc2c(c1)CCN(S(=O)(=O)CCNC(=O)C1C=CC(=O)N=C1)C2. The van der Waals surface area contributed by atoms with Crippen LogP contribution in [-0.4, -0.2) is 56.7 Å². The molecule has 2 aliphatic heterocycles. The van der Waals surface area contributed by atoms with E-state index in [0.717, 1.165) is 16.9 Å². The van der Waals surface area contributed by atoms with Crippen molar-refractivity contribution in [1.82, 2.24) is 9.62 Å². The van der Waals surface area contributed by atoms with Gasteiger partial charge in [-0.25, -0.2) is 13.4 Å². The second-order valence-electron chi connectivity index (χ2n) is 6.33. The van der Waals surface area contributed by atoms with E-state index in [2.05, 4.69) is 10.3 Å². The number of rotatable bonds is 6. The standard InChI is InChI=1S/C18H21N3O5S/c1-26-16-4-2-15-12-21(8-6-13(15)10-16)27(24,25)9-7-19-18(23)14-3-5-17(22)20-11-14/h2-5,10-11,14H,6-9,12H2,1H3,(H,19,23). The Morgan fingerprint density at radius 1 is 1.37 bits per heavy atom. The fourth-order valence-electron chi connectivity index (χ4n) is 3.01. The molecule has 2 amide bonds. The number of hydrogen-bond acceptors (Lipinski definition) is 5. The van der Waals surface area contributed by atoms with E-state index in [-0.39, 0.29) is 18.2 Å². The number of carbonyl (C=O) groups excluding carboxylic acids is 2. The maximum atomic E-state index is 12.6. The van der Waals surface area contributed by atoms with E-state index in [4.69, 9.17) is 4.74 Å². The molecule has 2 heterocycles. The van der Waals surface area contributed by atoms with Crippen LogP contribution in [0.4, 0.5) is 0 Å². The van der Waals surface area contributed by atoms with Crippen molar-refractivity contribution in [3.63, 3.8) is 0 Å². The van der Waals surface area contributed by atoms with Gasteiger partial charge in [-0.2, -0.15) is 4.31 Å². The summed E-state index contributed by atoms with van der Waals surface area (Å²) in [6.07, 6.45) is 4.54. The van der Waals surface area contributed by atoms with Gasteiger partial charge in [0.25, 0.3) is 5.91 Å². The Bertz CT molecular complexity index is 892. The summed E-state index contributed by atoms with van der Waals surface area (Å²) in [5.41, 5.74) is 2.05. The van der Waals surface area contributed by atoms with Gasteiger partial charge < -0.3 is 10.1 Å². The van der Waals surface area contributed by atoms with Gasteiger partial charge in [0, 0.05) is 31.9 Å². The van der Waals surface area contributed by atoms with E-state index in [1.807, 2.05) is 18.2 Å². The predicted octanol–water partition coefficient (Wildman–Crippen LogP) is 0.283. The topological polar surface area (TPSA) is 105 Å². The van der Waals surface area contributed by atoms with Crippen molar-refractivity contribution in [3.05, 3.63) is 41.5 Å². The zero-order chi connectivity index (χ0) is 19.4. The molecule has 0 fully saturated rings. The van der Waals surface area contributed by atoms with E-state index < -0.39 is 21.8 Å². The van der Waals surface area contributed by atoms with Crippen molar-refractivity contribution in [2.75, 3.05) is 26.0 Å². The Hall–Kier alpha value is -2.52. The molecule has 1 aromatic carbocycles. The van der Waals surface area contributed by atoms with Crippen LogP contribution in [0, 0.1) is 5.92 Å². The molecule has 9 heteroatoms. The van der Waals surface area contributed by atoms with E-state index in [1.54, 1.807) is 7.11 Å². The quantitative estimate of drug-likeness (QED) is 0.750. The molecule has 1 unspecified atom stereocenters. The molecule has 3 rings (SSSR count). The molecule has 0 saturated carbocycles. The minimum absolute atomic E-state index is 0.000731. The molecular weight excluding hydrogens is 370 g/mol. The minimum Gasteiger partial charge on any atom is -0.497 e. The number of nitrogens with zero attached hydrogens (tertiary/aromatic N) is 2. The van der Waals surface area contributed by atoms with Crippen molar-refractivity contribution < 1.29 is 22.7 Å². The van der Waals surface area contributed by atoms with Gasteiger partial charge in [-0.1, -0.05) is 12.1 Å². The van der Waals surface area contributed by atoms with Gasteiger partial charge in [0.15, 0.2) is 0 Å². The van der Waals surface area contributed by atoms with E-state index in [1.165, 1.54) is 22.7 Å². The summed E-state index contributed by atoms with van der Waals surface area (Å²) in [6, 6.07) is 5.64. The number of nitrogens with one attached hydrogen (secondary N) is 1. The number of methoxy groups -OCH3 is 1. The van der Waals surface area contributed by atoms with Gasteiger partial charge in [0.1, 0.15) is 5.75 Å². The van der Waals surface area contributed by atoms with Gasteiger partial charge >= 0.3 is 0 Å². The first-order valence-electron chi connectivity index (χ1n) is 8.57. The number of amides is 2. The Labute approximate surface area is 158 Å². The first-order chi connectivity index (χ1) is 12.9. The van der Waals surface area contributed by atoms with Gasteiger partial charge in [0.05, 0.1) is 18.8 Å². The Balaban J connectivity index is 1.54. The molecule has 0 saturated heterocycles. The number of hydrogen-bond donors (Lipinski definition) is 1. The number of carbonyl (C=O) groups is 2. The van der Waals surface area contributed by atoms with Crippen molar-refractivity contribution >= 4 is 28.1 Å². The molecule has 8 nitrogen and oxygen atoms in total. The van der Waals surface area contributed by atoms with Crippen LogP contribution in [-0.2, 0) is 32.6 Å². The van der Waals surface area contributed by atoms with Gasteiger partial charge in [-0.3, -0.25) is 9.59 Å². The lowest BCUT2D eigenvalue weighted by Gasteiger charge is -2.28. The first kappa shape index (κ1) is 19.2. The number of dihydropyridines is 1. The Kier molecular flexibility index (Phi) is 5.71. The van der Waals surface area contributed by atoms with Crippen LogP contribution in [0.1, 0.15) is 11.1 Å². The maximum Gasteiger partial charge on any atom is 0.269 e. The van der Waals surface area contributed by atoms with Crippen LogP contribution in [0.25, 0.3) is 0 Å². The van der Waals surface area contributed by atoms with E-state index >= 15 is 0 Å². The number of fused-ring (bicyclic) bond motifs is 1. The minimum atomic E-state index is -3.50. The van der Waals surface area contributed by atoms with Crippen molar-refractivity contribution in [3.8, 4) is 5.75 Å². The average molecular weight is 391 g/mol. The highest BCUT2D eigenvalue weighted by Crippen LogP contribution is 2.25. The molecule has 0 aromatic heterocycles. The lowest BCUT2D eigenvalue weighted by molar-refractivity contribution is -0.121. The third kappa shape index (κ3) is 4.61. The zero-order valence-corrected chi connectivity index (χ0v) is 15.7. The molecule has 0 spiro atoms. The second-order valence-corrected chi connectivity index (χ2v) is 8.42. The van der Waals surface area contributed by atoms with Crippen molar-refractivity contribution in [2.24, 2.45) is 10.9 Å². The normalized spacial score (nSPS) is 19.6. The van der Waals surface area contributed by atoms with E-state index in [9.17, 15) is 18.0 Å². The molecule has 1 aromatic rings. The first-order valence-corrected chi connectivity index (χ1v) is 10.2. The molecule has 0 aliphatic carbocycles. The highest BCUT2D eigenvalue weighted by molar-refractivity contribution is 7.89. The Morgan fingerprint density at radius 2 is 2.19 bits per heavy atom. The summed E-state index contributed by atoms with van der Waals surface area (Å²) in [7, 11) is -1.90. The molecular formula is C18H21N3O5S. The fraction of sp³-hybridized carbons (Fsp3) is 0.389. The van der Waals surface area contributed by atoms with Crippen LogP contribution < -0.4 is 10.1 Å². The molecule has 27 heavy (non-hydrogen) atoms. The average Bonchev–Trinajstić information content (AvgIpc) is 2.67. The Morgan fingerprint density at radius 3 is 2.89 bits per heavy atom. The highest BCUT2D eigenvalue weighted by Gasteiger charge is 2.27. The predicted molar refractivity (Wildman–Crippen MR) is 100 cm³/mol. The second kappa shape index (κ2) is 8.01. The summed E-state index contributed by atoms with van der Waals surface area (Å²) < 4.78 is 31.8. The number of benzene rings is 1. The van der Waals surface area contributed by atoms with E-state index in [0.29, 0.717) is 19.5 Å². The summed E-state index contributed by atoms with van der Waals surface area (Å²) in [6.45, 7) is 0.714. The number of ether oxygens (including phenoxy) is 1. The molecule has 2 aliphatic rings. The van der Waals surface area contributed by atoms with Crippen LogP contribution in [0.3, 0.4) is 0 Å². The van der Waals surface area contributed by atoms with Crippen molar-refractivity contribution in [2.45, 2.75) is 13.0 Å². The lowest BCUT2D eigenvalue weighted by atomic mass is 10.0. The van der Waals surface area contributed by atoms with Crippen LogP contribution in [0.5, 0.6) is 5.75 Å². The zero-order valence-electron chi connectivity index (χ0n) is 14.9. The van der Waals surface area contributed by atoms with Gasteiger partial charge in [-0.05, 0) is 29.7 Å². The van der Waals surface area contributed by atoms with Crippen molar-refractivity contribution in [1.29, 1.82) is 0 Å². The van der Waals surface area contributed by atoms with Crippen LogP contribution >= 0.6 is 0 Å². The molecule has 0 radical (unpaired) electrons. The number of sulfonamides is 1. The largest absolute Gasteiger partial charge is 0.497 e. The monoisotopic (exact) mass is 391 g/mol. The molecule has 1 atom stereocenters. The summed E-state index contributed by atoms with van der Waals surface area (Å²) in [4.78, 5) is 26.5. The summed E-state index contributed by atoms with van der Waals surface area (Å²) >= 11 is 0. The molecule has 144 valence electrons. The summed E-state index contributed by atoms with van der Waals surface area (Å²) in [5.74, 6) is -0.869. The van der Waals surface area contributed by atoms with Gasteiger partial charge in [-0.15, -0.1) is 0 Å². The third-order valence-electron chi connectivity index (χ3n) is 4.55. The third-order valence-corrected chi connectivity index (χ3v) is 6.37. The smallest absolute Gasteiger partial charge is 0.269 e. The summed E-state index contributed by atoms with van der Waals surface area (Å²) in [5, 5.41) is 2.58. The fourth-order valence-corrected chi connectivity index (χ4v) is 4.33. The van der Waals surface area contributed by atoms with Crippen LogP contribution in [0.2, 0.25) is 0 Å².